The summed E-state index contributed by atoms with van der Waals surface area (Å²) >= 11 is 0. The van der Waals surface area contributed by atoms with Crippen molar-refractivity contribution in [2.75, 3.05) is 13.1 Å². The lowest BCUT2D eigenvalue weighted by Gasteiger charge is -2.26. The molecule has 1 unspecified atom stereocenters. The zero-order valence-electron chi connectivity index (χ0n) is 15.1. The van der Waals surface area contributed by atoms with Gasteiger partial charge in [0.05, 0.1) is 5.56 Å². The first-order chi connectivity index (χ1) is 12.8. The van der Waals surface area contributed by atoms with Gasteiger partial charge in [-0.3, -0.25) is 4.79 Å². The average molecular weight is 398 g/mol. The number of carbonyl (C=O) groups excluding carboxylic acids is 2. The molecule has 9 heteroatoms. The van der Waals surface area contributed by atoms with E-state index in [1.807, 2.05) is 0 Å². The highest BCUT2D eigenvalue weighted by atomic mass is 32.2. The number of amides is 1. The molecule has 0 radical (unpaired) electrons. The third-order valence-corrected chi connectivity index (χ3v) is 6.59. The largest absolute Gasteiger partial charge is 0.449 e. The van der Waals surface area contributed by atoms with E-state index in [-0.39, 0.29) is 11.6 Å². The van der Waals surface area contributed by atoms with Gasteiger partial charge in [0.25, 0.3) is 5.91 Å². The number of hydrogen-bond acceptors (Lipinski definition) is 5. The summed E-state index contributed by atoms with van der Waals surface area (Å²) < 4.78 is 46.0. The van der Waals surface area contributed by atoms with E-state index >= 15 is 0 Å². The van der Waals surface area contributed by atoms with Crippen molar-refractivity contribution in [2.24, 2.45) is 0 Å². The number of nitrogens with zero attached hydrogens (tertiary/aromatic N) is 1. The van der Waals surface area contributed by atoms with E-state index < -0.39 is 38.7 Å². The zero-order chi connectivity index (χ0) is 19.6. The summed E-state index contributed by atoms with van der Waals surface area (Å²) in [5.41, 5.74) is -0.113. The molecule has 0 bridgehead atoms. The number of ether oxygens (including phenoxy) is 1. The van der Waals surface area contributed by atoms with Crippen LogP contribution in [0.15, 0.2) is 23.1 Å². The molecule has 1 atom stereocenters. The molecular weight excluding hydrogens is 375 g/mol. The van der Waals surface area contributed by atoms with Crippen molar-refractivity contribution in [2.45, 2.75) is 56.1 Å². The fourth-order valence-corrected chi connectivity index (χ4v) is 4.51. The minimum Gasteiger partial charge on any atom is -0.449 e. The van der Waals surface area contributed by atoms with Crippen molar-refractivity contribution < 1.29 is 27.1 Å². The van der Waals surface area contributed by atoms with Gasteiger partial charge in [-0.1, -0.05) is 6.42 Å². The minimum absolute atomic E-state index is 0.113. The monoisotopic (exact) mass is 398 g/mol. The summed E-state index contributed by atoms with van der Waals surface area (Å²) in [7, 11) is -4.03. The van der Waals surface area contributed by atoms with E-state index in [9.17, 15) is 22.4 Å². The van der Waals surface area contributed by atoms with Gasteiger partial charge in [-0.15, -0.1) is 0 Å². The first kappa shape index (κ1) is 19.8. The molecule has 1 aliphatic carbocycles. The van der Waals surface area contributed by atoms with Gasteiger partial charge in [-0.2, -0.15) is 4.31 Å². The molecule has 27 heavy (non-hydrogen) atoms. The Hall–Kier alpha value is -2.00. The lowest BCUT2D eigenvalue weighted by molar-refractivity contribution is -0.129. The van der Waals surface area contributed by atoms with Crippen LogP contribution in [0.3, 0.4) is 0 Å². The Labute approximate surface area is 157 Å². The summed E-state index contributed by atoms with van der Waals surface area (Å²) in [6.07, 6.45) is 3.16. The molecule has 1 amide bonds. The SMILES string of the molecule is CC(OC(=O)c1ccc(F)c(S(=O)(=O)N2CCCCC2)c1)C(=O)NC1CC1. The number of hydrogen-bond donors (Lipinski definition) is 1. The summed E-state index contributed by atoms with van der Waals surface area (Å²) in [6.45, 7) is 2.09. The molecule has 1 saturated carbocycles. The molecule has 1 aromatic carbocycles. The molecule has 0 aromatic heterocycles. The Morgan fingerprint density at radius 2 is 1.89 bits per heavy atom. The van der Waals surface area contributed by atoms with Crippen LogP contribution in [0.4, 0.5) is 4.39 Å². The van der Waals surface area contributed by atoms with Gasteiger partial charge < -0.3 is 10.1 Å². The molecule has 2 aliphatic rings. The number of rotatable bonds is 6. The van der Waals surface area contributed by atoms with Crippen LogP contribution in [0, 0.1) is 5.82 Å². The van der Waals surface area contributed by atoms with Gasteiger partial charge in [-0.05, 0) is 50.8 Å². The van der Waals surface area contributed by atoms with Crippen molar-refractivity contribution >= 4 is 21.9 Å². The molecule has 7 nitrogen and oxygen atoms in total. The zero-order valence-corrected chi connectivity index (χ0v) is 15.9. The van der Waals surface area contributed by atoms with E-state index in [2.05, 4.69) is 5.32 Å². The Morgan fingerprint density at radius 3 is 2.52 bits per heavy atom. The maximum Gasteiger partial charge on any atom is 0.338 e. The second-order valence-corrected chi connectivity index (χ2v) is 8.85. The molecular formula is C18H23FN2O5S. The fraction of sp³-hybridized carbons (Fsp3) is 0.556. The molecule has 1 aromatic rings. The molecule has 2 fully saturated rings. The van der Waals surface area contributed by atoms with Gasteiger partial charge >= 0.3 is 5.97 Å². The van der Waals surface area contributed by atoms with Crippen LogP contribution in [0.2, 0.25) is 0 Å². The molecule has 1 N–H and O–H groups in total. The van der Waals surface area contributed by atoms with E-state index in [0.29, 0.717) is 13.1 Å². The molecule has 1 aliphatic heterocycles. The normalized spacial score (nSPS) is 19.3. The standard InChI is InChI=1S/C18H23FN2O5S/c1-12(17(22)20-14-6-7-14)26-18(23)13-5-8-15(19)16(11-13)27(24,25)21-9-3-2-4-10-21/h5,8,11-12,14H,2-4,6-7,9-10H2,1H3,(H,20,22). The number of benzene rings is 1. The van der Waals surface area contributed by atoms with Crippen LogP contribution in [-0.4, -0.2) is 49.8 Å². The third kappa shape index (κ3) is 4.65. The Kier molecular flexibility index (Phi) is 5.81. The van der Waals surface area contributed by atoms with Crippen LogP contribution < -0.4 is 5.32 Å². The number of carbonyl (C=O) groups is 2. The average Bonchev–Trinajstić information content (AvgIpc) is 3.46. The maximum absolute atomic E-state index is 14.2. The van der Waals surface area contributed by atoms with Crippen LogP contribution in [0.1, 0.15) is 49.4 Å². The fourth-order valence-electron chi connectivity index (χ4n) is 2.90. The highest BCUT2D eigenvalue weighted by molar-refractivity contribution is 7.89. The second-order valence-electron chi connectivity index (χ2n) is 6.94. The highest BCUT2D eigenvalue weighted by Crippen LogP contribution is 2.24. The first-order valence-corrected chi connectivity index (χ1v) is 10.5. The van der Waals surface area contributed by atoms with Gasteiger partial charge in [0.15, 0.2) is 6.10 Å². The molecule has 1 heterocycles. The van der Waals surface area contributed by atoms with Gasteiger partial charge in [0.2, 0.25) is 10.0 Å². The predicted molar refractivity (Wildman–Crippen MR) is 95.1 cm³/mol. The third-order valence-electron chi connectivity index (χ3n) is 4.68. The van der Waals surface area contributed by atoms with Crippen LogP contribution in [0.25, 0.3) is 0 Å². The summed E-state index contributed by atoms with van der Waals surface area (Å²) in [5, 5.41) is 2.72. The summed E-state index contributed by atoms with van der Waals surface area (Å²) in [5.74, 6) is -2.20. The van der Waals surface area contributed by atoms with Crippen molar-refractivity contribution in [3.8, 4) is 0 Å². The van der Waals surface area contributed by atoms with Gasteiger partial charge in [0.1, 0.15) is 10.7 Å². The number of esters is 1. The van der Waals surface area contributed by atoms with Crippen molar-refractivity contribution in [3.63, 3.8) is 0 Å². The Bertz CT molecular complexity index is 832. The van der Waals surface area contributed by atoms with Crippen molar-refractivity contribution in [1.29, 1.82) is 0 Å². The maximum atomic E-state index is 14.2. The van der Waals surface area contributed by atoms with E-state index in [1.54, 1.807) is 0 Å². The van der Waals surface area contributed by atoms with E-state index in [1.165, 1.54) is 11.2 Å². The molecule has 3 rings (SSSR count). The number of sulfonamides is 1. The second kappa shape index (κ2) is 7.93. The van der Waals surface area contributed by atoms with Crippen LogP contribution in [0.5, 0.6) is 0 Å². The number of piperidine rings is 1. The van der Waals surface area contributed by atoms with Crippen LogP contribution in [-0.2, 0) is 19.6 Å². The van der Waals surface area contributed by atoms with Crippen molar-refractivity contribution in [3.05, 3.63) is 29.6 Å². The highest BCUT2D eigenvalue weighted by Gasteiger charge is 2.31. The van der Waals surface area contributed by atoms with Gasteiger partial charge in [0, 0.05) is 19.1 Å². The minimum atomic E-state index is -4.03. The topological polar surface area (TPSA) is 92.8 Å². The number of halogens is 1. The summed E-state index contributed by atoms with van der Waals surface area (Å²) in [4.78, 5) is 23.6. The lowest BCUT2D eigenvalue weighted by Crippen LogP contribution is -2.37. The Morgan fingerprint density at radius 1 is 1.22 bits per heavy atom. The number of nitrogens with one attached hydrogen (secondary N) is 1. The molecule has 0 spiro atoms. The van der Waals surface area contributed by atoms with E-state index in [4.69, 9.17) is 4.74 Å². The summed E-state index contributed by atoms with van der Waals surface area (Å²) in [6, 6.07) is 3.19. The van der Waals surface area contributed by atoms with Crippen molar-refractivity contribution in [1.82, 2.24) is 9.62 Å². The first-order valence-electron chi connectivity index (χ1n) is 9.10. The van der Waals surface area contributed by atoms with Crippen LogP contribution >= 0.6 is 0 Å². The van der Waals surface area contributed by atoms with E-state index in [0.717, 1.165) is 50.3 Å². The molecule has 148 valence electrons. The lowest BCUT2D eigenvalue weighted by atomic mass is 10.2. The van der Waals surface area contributed by atoms with Gasteiger partial charge in [-0.25, -0.2) is 17.6 Å². The Balaban J connectivity index is 1.75. The smallest absolute Gasteiger partial charge is 0.338 e. The predicted octanol–water partition coefficient (Wildman–Crippen LogP) is 1.82. The quantitative estimate of drug-likeness (QED) is 0.738. The molecule has 1 saturated heterocycles.